The van der Waals surface area contributed by atoms with Gasteiger partial charge in [-0.1, -0.05) is 0 Å². The van der Waals surface area contributed by atoms with Crippen LogP contribution in [-0.4, -0.2) is 34.7 Å². The van der Waals surface area contributed by atoms with Crippen molar-refractivity contribution >= 4 is 11.8 Å². The van der Waals surface area contributed by atoms with E-state index < -0.39 is 18.6 Å². The van der Waals surface area contributed by atoms with Crippen molar-refractivity contribution in [3.63, 3.8) is 0 Å². The van der Waals surface area contributed by atoms with Crippen LogP contribution < -0.4 is 5.73 Å². The largest absolute Gasteiger partial charge is 0.480 e. The number of rotatable bonds is 3. The van der Waals surface area contributed by atoms with Gasteiger partial charge >= 0.3 is 5.97 Å². The standard InChI is InChI=1S/C5H10N2O3/c1-3(6)7-4(2-8)5(9)10/h4,8H,2H2,1H3,(H2,6,7)(H,9,10)/t4-/m0/s1. The topological polar surface area (TPSA) is 95.9 Å². The van der Waals surface area contributed by atoms with Crippen LogP contribution >= 0.6 is 0 Å². The number of hydrogen-bond donors (Lipinski definition) is 3. The molecule has 0 heterocycles. The Balaban J connectivity index is 4.09. The number of carbonyl (C=O) groups is 1. The van der Waals surface area contributed by atoms with Crippen LogP contribution in [0.1, 0.15) is 6.92 Å². The van der Waals surface area contributed by atoms with E-state index in [4.69, 9.17) is 15.9 Å². The summed E-state index contributed by atoms with van der Waals surface area (Å²) in [5, 5.41) is 16.7. The van der Waals surface area contributed by atoms with Crippen molar-refractivity contribution in [1.29, 1.82) is 0 Å². The molecule has 0 aromatic rings. The van der Waals surface area contributed by atoms with Crippen molar-refractivity contribution in [3.05, 3.63) is 0 Å². The molecule has 5 heteroatoms. The zero-order valence-electron chi connectivity index (χ0n) is 5.61. The van der Waals surface area contributed by atoms with Gasteiger partial charge in [-0.25, -0.2) is 4.79 Å². The molecule has 1 atom stereocenters. The molecule has 0 unspecified atom stereocenters. The number of hydrogen-bond acceptors (Lipinski definition) is 3. The number of aliphatic carboxylic acids is 1. The molecule has 0 radical (unpaired) electrons. The van der Waals surface area contributed by atoms with Crippen LogP contribution in [0.2, 0.25) is 0 Å². The first-order valence-electron chi connectivity index (χ1n) is 2.71. The maximum Gasteiger partial charge on any atom is 0.330 e. The summed E-state index contributed by atoms with van der Waals surface area (Å²) in [6, 6.07) is -1.12. The number of nitrogens with zero attached hydrogens (tertiary/aromatic N) is 1. The van der Waals surface area contributed by atoms with Crippen molar-refractivity contribution in [1.82, 2.24) is 0 Å². The third kappa shape index (κ3) is 3.03. The van der Waals surface area contributed by atoms with E-state index in [1.165, 1.54) is 6.92 Å². The second kappa shape index (κ2) is 3.84. The predicted molar refractivity (Wildman–Crippen MR) is 35.8 cm³/mol. The van der Waals surface area contributed by atoms with Crippen LogP contribution in [0.3, 0.4) is 0 Å². The number of carboxylic acids is 1. The molecule has 0 aliphatic heterocycles. The zero-order chi connectivity index (χ0) is 8.15. The van der Waals surface area contributed by atoms with E-state index in [-0.39, 0.29) is 5.84 Å². The van der Waals surface area contributed by atoms with Crippen LogP contribution in [0, 0.1) is 0 Å². The minimum absolute atomic E-state index is 0.154. The van der Waals surface area contributed by atoms with Crippen LogP contribution in [0.25, 0.3) is 0 Å². The fourth-order valence-electron chi connectivity index (χ4n) is 0.420. The highest BCUT2D eigenvalue weighted by molar-refractivity contribution is 5.82. The van der Waals surface area contributed by atoms with E-state index >= 15 is 0 Å². The van der Waals surface area contributed by atoms with E-state index in [0.29, 0.717) is 0 Å². The molecular weight excluding hydrogens is 136 g/mol. The van der Waals surface area contributed by atoms with Crippen molar-refractivity contribution in [2.45, 2.75) is 13.0 Å². The van der Waals surface area contributed by atoms with Gasteiger partial charge in [0, 0.05) is 0 Å². The van der Waals surface area contributed by atoms with Crippen molar-refractivity contribution in [3.8, 4) is 0 Å². The Hall–Kier alpha value is -1.10. The fourth-order valence-corrected chi connectivity index (χ4v) is 0.420. The average molecular weight is 146 g/mol. The molecule has 0 saturated heterocycles. The van der Waals surface area contributed by atoms with Crippen LogP contribution in [0.5, 0.6) is 0 Å². The van der Waals surface area contributed by atoms with E-state index in [0.717, 1.165) is 0 Å². The van der Waals surface area contributed by atoms with E-state index in [1.54, 1.807) is 0 Å². The molecule has 0 aliphatic rings. The van der Waals surface area contributed by atoms with E-state index in [2.05, 4.69) is 4.99 Å². The third-order valence-electron chi connectivity index (χ3n) is 0.817. The van der Waals surface area contributed by atoms with Gasteiger partial charge in [-0.3, -0.25) is 4.99 Å². The number of aliphatic hydroxyl groups is 1. The number of nitrogens with two attached hydrogens (primary N) is 1. The molecule has 0 amide bonds. The van der Waals surface area contributed by atoms with Crippen molar-refractivity contribution in [2.24, 2.45) is 10.7 Å². The highest BCUT2D eigenvalue weighted by Gasteiger charge is 2.13. The van der Waals surface area contributed by atoms with Gasteiger partial charge in [0.15, 0.2) is 6.04 Å². The molecule has 0 bridgehead atoms. The lowest BCUT2D eigenvalue weighted by molar-refractivity contribution is -0.139. The van der Waals surface area contributed by atoms with Gasteiger partial charge in [-0.15, -0.1) is 0 Å². The first-order valence-corrected chi connectivity index (χ1v) is 2.71. The smallest absolute Gasteiger partial charge is 0.330 e. The summed E-state index contributed by atoms with van der Waals surface area (Å²) in [5.74, 6) is -1.02. The Morgan fingerprint density at radius 3 is 2.40 bits per heavy atom. The summed E-state index contributed by atoms with van der Waals surface area (Å²) in [7, 11) is 0. The fraction of sp³-hybridized carbons (Fsp3) is 0.600. The molecule has 0 spiro atoms. The van der Waals surface area contributed by atoms with Crippen LogP contribution in [0.4, 0.5) is 0 Å². The number of aliphatic hydroxyl groups excluding tert-OH is 1. The average Bonchev–Trinajstić information content (AvgIpc) is 1.81. The summed E-state index contributed by atoms with van der Waals surface area (Å²) in [6.07, 6.45) is 0. The van der Waals surface area contributed by atoms with Gasteiger partial charge in [0.2, 0.25) is 0 Å². The minimum atomic E-state index is -1.17. The lowest BCUT2D eigenvalue weighted by Gasteiger charge is -2.01. The van der Waals surface area contributed by atoms with Crippen molar-refractivity contribution < 1.29 is 15.0 Å². The van der Waals surface area contributed by atoms with Crippen LogP contribution in [-0.2, 0) is 4.79 Å². The number of carboxylic acid groups (broad SMARTS) is 1. The summed E-state index contributed by atoms with van der Waals surface area (Å²) in [5.41, 5.74) is 5.08. The van der Waals surface area contributed by atoms with Gasteiger partial charge in [-0.2, -0.15) is 0 Å². The lowest BCUT2D eigenvalue weighted by atomic mass is 10.3. The van der Waals surface area contributed by atoms with Gasteiger partial charge in [-0.05, 0) is 6.92 Å². The normalized spacial score (nSPS) is 14.8. The summed E-state index contributed by atoms with van der Waals surface area (Å²) in [4.78, 5) is 13.6. The first kappa shape index (κ1) is 8.90. The van der Waals surface area contributed by atoms with Crippen LogP contribution in [0.15, 0.2) is 4.99 Å². The molecule has 0 fully saturated rings. The van der Waals surface area contributed by atoms with Gasteiger partial charge in [0.05, 0.1) is 12.4 Å². The van der Waals surface area contributed by atoms with Gasteiger partial charge < -0.3 is 15.9 Å². The molecule has 10 heavy (non-hydrogen) atoms. The summed E-state index contributed by atoms with van der Waals surface area (Å²) in [6.45, 7) is 0.940. The molecule has 0 aromatic heterocycles. The molecule has 4 N–H and O–H groups in total. The molecule has 0 aliphatic carbocycles. The number of amidine groups is 1. The summed E-state index contributed by atoms with van der Waals surface area (Å²) >= 11 is 0. The maximum atomic E-state index is 10.1. The quantitative estimate of drug-likeness (QED) is 0.344. The Morgan fingerprint density at radius 1 is 1.80 bits per heavy atom. The lowest BCUT2D eigenvalue weighted by Crippen LogP contribution is -2.25. The Morgan fingerprint density at radius 2 is 2.30 bits per heavy atom. The first-order chi connectivity index (χ1) is 4.57. The highest BCUT2D eigenvalue weighted by Crippen LogP contribution is 1.88. The molecule has 58 valence electrons. The molecule has 0 saturated carbocycles. The molecule has 0 rings (SSSR count). The van der Waals surface area contributed by atoms with Gasteiger partial charge in [0.25, 0.3) is 0 Å². The molecule has 5 nitrogen and oxygen atoms in total. The monoisotopic (exact) mass is 146 g/mol. The molecular formula is C5H10N2O3. The third-order valence-corrected chi connectivity index (χ3v) is 0.817. The van der Waals surface area contributed by atoms with Crippen molar-refractivity contribution in [2.75, 3.05) is 6.61 Å². The Kier molecular flexibility index (Phi) is 3.42. The van der Waals surface area contributed by atoms with E-state index in [1.807, 2.05) is 0 Å². The van der Waals surface area contributed by atoms with Gasteiger partial charge in [0.1, 0.15) is 0 Å². The maximum absolute atomic E-state index is 10.1. The Labute approximate surface area is 58.2 Å². The minimum Gasteiger partial charge on any atom is -0.480 e. The predicted octanol–water partition coefficient (Wildman–Crippen LogP) is -1.19. The number of aliphatic imine (C=N–C) groups is 1. The Bertz CT molecular complexity index is 151. The molecule has 0 aromatic carbocycles. The zero-order valence-corrected chi connectivity index (χ0v) is 5.61. The SMILES string of the molecule is CC(N)=N[C@@H](CO)C(=O)O. The highest BCUT2D eigenvalue weighted by atomic mass is 16.4. The summed E-state index contributed by atoms with van der Waals surface area (Å²) < 4.78 is 0. The second-order valence-corrected chi connectivity index (χ2v) is 1.81. The second-order valence-electron chi connectivity index (χ2n) is 1.81. The van der Waals surface area contributed by atoms with E-state index in [9.17, 15) is 4.79 Å².